The number of amides is 1. The zero-order valence-electron chi connectivity index (χ0n) is 14.8. The number of fused-ring (bicyclic) bond motifs is 2. The second kappa shape index (κ2) is 7.37. The molecule has 1 aliphatic carbocycles. The number of rotatable bonds is 3. The lowest BCUT2D eigenvalue weighted by molar-refractivity contribution is 0.0975. The molecule has 0 aliphatic heterocycles. The number of thioether (sulfide) groups is 1. The van der Waals surface area contributed by atoms with Gasteiger partial charge in [-0.1, -0.05) is 40.2 Å². The molecule has 0 unspecified atom stereocenters. The van der Waals surface area contributed by atoms with Crippen molar-refractivity contribution < 1.29 is 14.4 Å². The summed E-state index contributed by atoms with van der Waals surface area (Å²) in [4.78, 5) is 39.3. The van der Waals surface area contributed by atoms with Crippen molar-refractivity contribution >= 4 is 50.9 Å². The Labute approximate surface area is 174 Å². The quantitative estimate of drug-likeness (QED) is 0.434. The molecular formula is C22H14BrNO3S. The molecule has 0 saturated heterocycles. The summed E-state index contributed by atoms with van der Waals surface area (Å²) < 4.78 is 0.909. The van der Waals surface area contributed by atoms with Crippen LogP contribution in [0.3, 0.4) is 0 Å². The Morgan fingerprint density at radius 3 is 2.14 bits per heavy atom. The summed E-state index contributed by atoms with van der Waals surface area (Å²) in [6.07, 6.45) is 1.80. The molecular weight excluding hydrogens is 438 g/mol. The number of hydrogen-bond acceptors (Lipinski definition) is 4. The fourth-order valence-corrected chi connectivity index (χ4v) is 4.33. The van der Waals surface area contributed by atoms with Crippen molar-refractivity contribution in [2.45, 2.75) is 4.90 Å². The van der Waals surface area contributed by atoms with Gasteiger partial charge in [0.05, 0.1) is 5.56 Å². The maximum atomic E-state index is 13.1. The SMILES string of the molecule is CSc1c(C(=O)Nc2ccc(Br)cc2)ccc2c1C(=O)c1ccccc1C2=O. The predicted molar refractivity (Wildman–Crippen MR) is 114 cm³/mol. The maximum Gasteiger partial charge on any atom is 0.256 e. The van der Waals surface area contributed by atoms with Crippen LogP contribution in [0.4, 0.5) is 5.69 Å². The fraction of sp³-hybridized carbons (Fsp3) is 0.0455. The Morgan fingerprint density at radius 1 is 0.857 bits per heavy atom. The summed E-state index contributed by atoms with van der Waals surface area (Å²) in [5.41, 5.74) is 2.44. The molecule has 4 rings (SSSR count). The van der Waals surface area contributed by atoms with Gasteiger partial charge in [0.1, 0.15) is 0 Å². The number of ketones is 2. The van der Waals surface area contributed by atoms with Gasteiger partial charge in [-0.15, -0.1) is 11.8 Å². The van der Waals surface area contributed by atoms with Crippen molar-refractivity contribution in [2.75, 3.05) is 11.6 Å². The average Bonchev–Trinajstić information content (AvgIpc) is 2.72. The van der Waals surface area contributed by atoms with Gasteiger partial charge in [-0.25, -0.2) is 0 Å². The molecule has 1 amide bonds. The second-order valence-corrected chi connectivity index (χ2v) is 7.97. The first kappa shape index (κ1) is 18.7. The second-order valence-electron chi connectivity index (χ2n) is 6.23. The summed E-state index contributed by atoms with van der Waals surface area (Å²) in [7, 11) is 0. The van der Waals surface area contributed by atoms with Crippen LogP contribution in [0.2, 0.25) is 0 Å². The van der Waals surface area contributed by atoms with E-state index in [-0.39, 0.29) is 17.5 Å². The standard InChI is InChI=1S/C22H14BrNO3S/c1-28-21-17(22(27)24-13-8-6-12(23)7-9-13)11-10-16-18(21)20(26)15-5-3-2-4-14(15)19(16)25/h2-11H,1H3,(H,24,27). The third kappa shape index (κ3) is 3.08. The number of carbonyl (C=O) groups excluding carboxylic acids is 3. The van der Waals surface area contributed by atoms with Crippen LogP contribution in [0.1, 0.15) is 42.2 Å². The minimum atomic E-state index is -0.325. The molecule has 0 aromatic heterocycles. The van der Waals surface area contributed by atoms with Crippen LogP contribution in [0.5, 0.6) is 0 Å². The van der Waals surface area contributed by atoms with E-state index < -0.39 is 0 Å². The Bertz CT molecular complexity index is 1140. The molecule has 0 radical (unpaired) electrons. The van der Waals surface area contributed by atoms with Gasteiger partial charge in [0.15, 0.2) is 11.6 Å². The minimum absolute atomic E-state index is 0.194. The van der Waals surface area contributed by atoms with Crippen LogP contribution in [-0.2, 0) is 0 Å². The van der Waals surface area contributed by atoms with Crippen molar-refractivity contribution in [3.63, 3.8) is 0 Å². The van der Waals surface area contributed by atoms with E-state index in [1.807, 2.05) is 12.1 Å². The monoisotopic (exact) mass is 451 g/mol. The van der Waals surface area contributed by atoms with Gasteiger partial charge in [-0.2, -0.15) is 0 Å². The van der Waals surface area contributed by atoms with E-state index in [0.717, 1.165) is 4.47 Å². The Kier molecular flexibility index (Phi) is 4.91. The molecule has 1 aliphatic rings. The number of benzene rings is 3. The molecule has 0 atom stereocenters. The molecule has 0 bridgehead atoms. The van der Waals surface area contributed by atoms with Crippen LogP contribution in [0.25, 0.3) is 0 Å². The number of halogens is 1. The van der Waals surface area contributed by atoms with Crippen LogP contribution in [0, 0.1) is 0 Å². The summed E-state index contributed by atoms with van der Waals surface area (Å²) in [6.45, 7) is 0. The van der Waals surface area contributed by atoms with Crippen molar-refractivity contribution in [3.8, 4) is 0 Å². The van der Waals surface area contributed by atoms with Crippen molar-refractivity contribution in [3.05, 3.63) is 93.0 Å². The number of nitrogens with one attached hydrogen (secondary N) is 1. The lowest BCUT2D eigenvalue weighted by Gasteiger charge is -2.21. The topological polar surface area (TPSA) is 63.2 Å². The lowest BCUT2D eigenvalue weighted by atomic mass is 9.83. The molecule has 4 nitrogen and oxygen atoms in total. The first-order valence-electron chi connectivity index (χ1n) is 8.47. The number of hydrogen-bond donors (Lipinski definition) is 1. The van der Waals surface area contributed by atoms with Gasteiger partial charge < -0.3 is 5.32 Å². The van der Waals surface area contributed by atoms with Crippen molar-refractivity contribution in [2.24, 2.45) is 0 Å². The van der Waals surface area contributed by atoms with Gasteiger partial charge in [0.25, 0.3) is 5.91 Å². The first-order chi connectivity index (χ1) is 13.5. The predicted octanol–water partition coefficient (Wildman–Crippen LogP) is 5.20. The highest BCUT2D eigenvalue weighted by Crippen LogP contribution is 2.35. The van der Waals surface area contributed by atoms with E-state index in [9.17, 15) is 14.4 Å². The number of anilines is 1. The third-order valence-corrected chi connectivity index (χ3v) is 5.96. The van der Waals surface area contributed by atoms with Crippen molar-refractivity contribution in [1.82, 2.24) is 0 Å². The molecule has 28 heavy (non-hydrogen) atoms. The zero-order chi connectivity index (χ0) is 19.8. The molecule has 138 valence electrons. The summed E-state index contributed by atoms with van der Waals surface area (Å²) in [5.74, 6) is -0.748. The van der Waals surface area contributed by atoms with E-state index in [0.29, 0.717) is 38.4 Å². The van der Waals surface area contributed by atoms with Gasteiger partial charge >= 0.3 is 0 Å². The highest BCUT2D eigenvalue weighted by atomic mass is 79.9. The largest absolute Gasteiger partial charge is 0.322 e. The van der Waals surface area contributed by atoms with Gasteiger partial charge in [0.2, 0.25) is 0 Å². The third-order valence-electron chi connectivity index (χ3n) is 4.60. The maximum absolute atomic E-state index is 13.1. The smallest absolute Gasteiger partial charge is 0.256 e. The molecule has 1 N–H and O–H groups in total. The Morgan fingerprint density at radius 2 is 1.50 bits per heavy atom. The fourth-order valence-electron chi connectivity index (χ4n) is 3.28. The van der Waals surface area contributed by atoms with E-state index in [1.165, 1.54) is 11.8 Å². The molecule has 0 heterocycles. The summed E-state index contributed by atoms with van der Waals surface area (Å²) in [6, 6.07) is 17.2. The van der Waals surface area contributed by atoms with Gasteiger partial charge in [0, 0.05) is 37.3 Å². The van der Waals surface area contributed by atoms with Crippen LogP contribution >= 0.6 is 27.7 Å². The van der Waals surface area contributed by atoms with Gasteiger partial charge in [-0.05, 0) is 42.7 Å². The molecule has 0 fully saturated rings. The summed E-state index contributed by atoms with van der Waals surface area (Å²) >= 11 is 4.65. The van der Waals surface area contributed by atoms with E-state index in [1.54, 1.807) is 54.8 Å². The minimum Gasteiger partial charge on any atom is -0.322 e. The number of carbonyl (C=O) groups is 3. The molecule has 3 aromatic rings. The highest BCUT2D eigenvalue weighted by Gasteiger charge is 2.33. The molecule has 0 saturated carbocycles. The van der Waals surface area contributed by atoms with Crippen LogP contribution < -0.4 is 5.32 Å². The van der Waals surface area contributed by atoms with E-state index >= 15 is 0 Å². The average molecular weight is 452 g/mol. The van der Waals surface area contributed by atoms with Crippen molar-refractivity contribution in [1.29, 1.82) is 0 Å². The normalized spacial score (nSPS) is 12.4. The molecule has 6 heteroatoms. The lowest BCUT2D eigenvalue weighted by Crippen LogP contribution is -2.24. The highest BCUT2D eigenvalue weighted by molar-refractivity contribution is 9.10. The zero-order valence-corrected chi connectivity index (χ0v) is 17.2. The Balaban J connectivity index is 1.79. The van der Waals surface area contributed by atoms with Gasteiger partial charge in [-0.3, -0.25) is 14.4 Å². The van der Waals surface area contributed by atoms with Crippen LogP contribution in [-0.4, -0.2) is 23.7 Å². The van der Waals surface area contributed by atoms with E-state index in [4.69, 9.17) is 0 Å². The van der Waals surface area contributed by atoms with E-state index in [2.05, 4.69) is 21.2 Å². The molecule has 3 aromatic carbocycles. The Hall–Kier alpha value is -2.70. The first-order valence-corrected chi connectivity index (χ1v) is 10.5. The summed E-state index contributed by atoms with van der Waals surface area (Å²) in [5, 5.41) is 2.84. The van der Waals surface area contributed by atoms with Crippen LogP contribution in [0.15, 0.2) is 70.0 Å². The molecule has 0 spiro atoms.